The van der Waals surface area contributed by atoms with Crippen molar-refractivity contribution in [3.8, 4) is 0 Å². The number of piperazine rings is 1. The van der Waals surface area contributed by atoms with Crippen LogP contribution in [0.4, 0.5) is 0 Å². The number of rotatable bonds is 3. The molecular weight excluding hydrogens is 287 g/mol. The van der Waals surface area contributed by atoms with E-state index in [0.29, 0.717) is 5.02 Å². The summed E-state index contributed by atoms with van der Waals surface area (Å²) in [5.74, 6) is -0.818. The van der Waals surface area contributed by atoms with Crippen molar-refractivity contribution in [2.75, 3.05) is 33.2 Å². The molecule has 0 aliphatic carbocycles. The highest BCUT2D eigenvalue weighted by Crippen LogP contribution is 2.24. The molecule has 2 rings (SSSR count). The number of hydrogen-bond acceptors (Lipinski definition) is 3. The van der Waals surface area contributed by atoms with Crippen LogP contribution in [0.3, 0.4) is 0 Å². The van der Waals surface area contributed by atoms with Gasteiger partial charge in [-0.05, 0) is 24.7 Å². The molecule has 0 bridgehead atoms. The Hall–Kier alpha value is -0.810. The summed E-state index contributed by atoms with van der Waals surface area (Å²) in [5.41, 5.74) is 0.750. The van der Waals surface area contributed by atoms with Crippen molar-refractivity contribution >= 4 is 30.0 Å². The second-order valence-corrected chi connectivity index (χ2v) is 5.07. The third-order valence-electron chi connectivity index (χ3n) is 3.30. The zero-order valence-electron chi connectivity index (χ0n) is 10.8. The Morgan fingerprint density at radius 1 is 1.32 bits per heavy atom. The van der Waals surface area contributed by atoms with E-state index >= 15 is 0 Å². The van der Waals surface area contributed by atoms with Gasteiger partial charge >= 0.3 is 5.97 Å². The van der Waals surface area contributed by atoms with E-state index in [9.17, 15) is 9.90 Å². The van der Waals surface area contributed by atoms with Gasteiger partial charge < -0.3 is 10.0 Å². The summed E-state index contributed by atoms with van der Waals surface area (Å²) in [5, 5.41) is 10.0. The molecule has 106 valence electrons. The molecule has 1 saturated heterocycles. The van der Waals surface area contributed by atoms with Gasteiger partial charge in [0.05, 0.1) is 0 Å². The first-order chi connectivity index (χ1) is 8.58. The van der Waals surface area contributed by atoms with Crippen molar-refractivity contribution in [3.05, 3.63) is 34.9 Å². The van der Waals surface area contributed by atoms with Gasteiger partial charge in [0, 0.05) is 31.2 Å². The Morgan fingerprint density at radius 2 is 1.95 bits per heavy atom. The number of carbonyl (C=O) groups is 1. The standard InChI is InChI=1S/C13H17ClN2O2.ClH/c1-15-5-7-16(8-6-15)12(13(17)18)10-3-2-4-11(14)9-10;/h2-4,9,12H,5-8H2,1H3,(H,17,18);1H. The van der Waals surface area contributed by atoms with Gasteiger partial charge in [0.15, 0.2) is 0 Å². The van der Waals surface area contributed by atoms with E-state index in [1.165, 1.54) is 0 Å². The number of hydrogen-bond donors (Lipinski definition) is 1. The third kappa shape index (κ3) is 4.08. The van der Waals surface area contributed by atoms with Crippen LogP contribution < -0.4 is 0 Å². The van der Waals surface area contributed by atoms with Crippen LogP contribution in [0.1, 0.15) is 11.6 Å². The van der Waals surface area contributed by atoms with Crippen LogP contribution in [0.25, 0.3) is 0 Å². The van der Waals surface area contributed by atoms with Gasteiger partial charge in [0.25, 0.3) is 0 Å². The number of nitrogens with zero attached hydrogens (tertiary/aromatic N) is 2. The van der Waals surface area contributed by atoms with E-state index in [4.69, 9.17) is 11.6 Å². The molecule has 1 atom stereocenters. The topological polar surface area (TPSA) is 43.8 Å². The van der Waals surface area contributed by atoms with Crippen molar-refractivity contribution < 1.29 is 9.90 Å². The molecule has 0 saturated carbocycles. The lowest BCUT2D eigenvalue weighted by molar-refractivity contribution is -0.144. The molecule has 1 aliphatic heterocycles. The molecule has 1 aromatic carbocycles. The lowest BCUT2D eigenvalue weighted by Gasteiger charge is -2.36. The number of aliphatic carboxylic acids is 1. The molecular formula is C13H18Cl2N2O2. The van der Waals surface area contributed by atoms with Crippen LogP contribution in [-0.2, 0) is 4.79 Å². The largest absolute Gasteiger partial charge is 0.480 e. The molecule has 1 aromatic rings. The van der Waals surface area contributed by atoms with Crippen LogP contribution in [0.5, 0.6) is 0 Å². The number of carboxylic acid groups (broad SMARTS) is 1. The number of likely N-dealkylation sites (N-methyl/N-ethyl adjacent to an activating group) is 1. The fourth-order valence-electron chi connectivity index (χ4n) is 2.27. The zero-order chi connectivity index (χ0) is 13.1. The zero-order valence-corrected chi connectivity index (χ0v) is 12.3. The lowest BCUT2D eigenvalue weighted by atomic mass is 10.0. The van der Waals surface area contributed by atoms with Gasteiger partial charge in [-0.15, -0.1) is 12.4 Å². The van der Waals surface area contributed by atoms with Crippen LogP contribution in [0.15, 0.2) is 24.3 Å². The maximum Gasteiger partial charge on any atom is 0.325 e. The molecule has 1 fully saturated rings. The van der Waals surface area contributed by atoms with E-state index in [1.54, 1.807) is 18.2 Å². The Balaban J connectivity index is 0.00000180. The summed E-state index contributed by atoms with van der Waals surface area (Å²) in [6.45, 7) is 3.31. The van der Waals surface area contributed by atoms with Crippen molar-refractivity contribution in [1.29, 1.82) is 0 Å². The van der Waals surface area contributed by atoms with E-state index in [1.807, 2.05) is 18.0 Å². The number of halogens is 2. The maximum absolute atomic E-state index is 11.5. The Bertz CT molecular complexity index is 434. The predicted molar refractivity (Wildman–Crippen MR) is 78.1 cm³/mol. The summed E-state index contributed by atoms with van der Waals surface area (Å²) in [4.78, 5) is 15.7. The highest BCUT2D eigenvalue weighted by molar-refractivity contribution is 6.30. The van der Waals surface area contributed by atoms with Gasteiger partial charge in [-0.2, -0.15) is 0 Å². The second-order valence-electron chi connectivity index (χ2n) is 4.64. The van der Waals surface area contributed by atoms with Crippen molar-refractivity contribution in [2.24, 2.45) is 0 Å². The molecule has 0 spiro atoms. The highest BCUT2D eigenvalue weighted by atomic mass is 35.5. The van der Waals surface area contributed by atoms with Gasteiger partial charge in [0.1, 0.15) is 6.04 Å². The van der Waals surface area contributed by atoms with E-state index in [2.05, 4.69) is 4.90 Å². The fraction of sp³-hybridized carbons (Fsp3) is 0.462. The van der Waals surface area contributed by atoms with Gasteiger partial charge in [-0.3, -0.25) is 9.69 Å². The SMILES string of the molecule is CN1CCN(C(C(=O)O)c2cccc(Cl)c2)CC1.Cl. The second kappa shape index (κ2) is 7.10. The minimum atomic E-state index is -0.818. The van der Waals surface area contributed by atoms with Crippen LogP contribution in [0, 0.1) is 0 Å². The molecule has 1 unspecified atom stereocenters. The number of benzene rings is 1. The fourth-order valence-corrected chi connectivity index (χ4v) is 2.47. The minimum Gasteiger partial charge on any atom is -0.480 e. The Morgan fingerprint density at radius 3 is 2.47 bits per heavy atom. The first-order valence-electron chi connectivity index (χ1n) is 5.99. The van der Waals surface area contributed by atoms with Gasteiger partial charge in [0.2, 0.25) is 0 Å². The maximum atomic E-state index is 11.5. The summed E-state index contributed by atoms with van der Waals surface area (Å²) in [7, 11) is 2.05. The number of carboxylic acids is 1. The molecule has 1 heterocycles. The molecule has 6 heteroatoms. The Kier molecular flexibility index (Phi) is 6.07. The summed E-state index contributed by atoms with van der Waals surface area (Å²) >= 11 is 5.94. The average molecular weight is 305 g/mol. The van der Waals surface area contributed by atoms with E-state index in [-0.39, 0.29) is 12.4 Å². The normalized spacial score (nSPS) is 18.6. The van der Waals surface area contributed by atoms with E-state index < -0.39 is 12.0 Å². The lowest BCUT2D eigenvalue weighted by Crippen LogP contribution is -2.47. The Labute approximate surface area is 124 Å². The van der Waals surface area contributed by atoms with Crippen molar-refractivity contribution in [3.63, 3.8) is 0 Å². The molecule has 19 heavy (non-hydrogen) atoms. The van der Waals surface area contributed by atoms with Crippen LogP contribution in [-0.4, -0.2) is 54.1 Å². The van der Waals surface area contributed by atoms with Crippen molar-refractivity contribution in [2.45, 2.75) is 6.04 Å². The van der Waals surface area contributed by atoms with Gasteiger partial charge in [-0.1, -0.05) is 23.7 Å². The third-order valence-corrected chi connectivity index (χ3v) is 3.54. The van der Waals surface area contributed by atoms with Crippen LogP contribution in [0.2, 0.25) is 5.02 Å². The highest BCUT2D eigenvalue weighted by Gasteiger charge is 2.29. The van der Waals surface area contributed by atoms with Gasteiger partial charge in [-0.25, -0.2) is 0 Å². The molecule has 1 N–H and O–H groups in total. The first-order valence-corrected chi connectivity index (χ1v) is 6.36. The molecule has 4 nitrogen and oxygen atoms in total. The van der Waals surface area contributed by atoms with Crippen molar-refractivity contribution in [1.82, 2.24) is 9.80 Å². The molecule has 0 amide bonds. The summed E-state index contributed by atoms with van der Waals surface area (Å²) < 4.78 is 0. The minimum absolute atomic E-state index is 0. The molecule has 0 aromatic heterocycles. The van der Waals surface area contributed by atoms with E-state index in [0.717, 1.165) is 31.7 Å². The molecule has 1 aliphatic rings. The predicted octanol–water partition coefficient (Wildman–Crippen LogP) is 2.13. The first kappa shape index (κ1) is 16.2. The quantitative estimate of drug-likeness (QED) is 0.929. The summed E-state index contributed by atoms with van der Waals surface area (Å²) in [6.07, 6.45) is 0. The monoisotopic (exact) mass is 304 g/mol. The average Bonchev–Trinajstić information content (AvgIpc) is 2.32. The smallest absolute Gasteiger partial charge is 0.325 e. The molecule has 0 radical (unpaired) electrons. The summed E-state index contributed by atoms with van der Waals surface area (Å²) in [6, 6.07) is 6.51. The van der Waals surface area contributed by atoms with Crippen LogP contribution >= 0.6 is 24.0 Å².